The molecule has 2 amide bonds. The lowest BCUT2D eigenvalue weighted by molar-refractivity contribution is -0.384. The number of hydrogen-bond donors (Lipinski definition) is 0. The van der Waals surface area contributed by atoms with E-state index in [2.05, 4.69) is 32.7 Å². The molecule has 2 aromatic carbocycles. The lowest BCUT2D eigenvalue weighted by Crippen LogP contribution is -2.45. The summed E-state index contributed by atoms with van der Waals surface area (Å²) in [5.41, 5.74) is 3.35. The number of carbonyl (C=O) groups excluding carboxylic acids is 2. The van der Waals surface area contributed by atoms with Gasteiger partial charge in [0.2, 0.25) is 0 Å². The van der Waals surface area contributed by atoms with Crippen molar-refractivity contribution in [2.75, 3.05) is 11.9 Å². The first kappa shape index (κ1) is 23.3. The number of nitrogens with zero attached hydrogens (tertiary/aromatic N) is 3. The maximum Gasteiger partial charge on any atom is 0.293 e. The van der Waals surface area contributed by atoms with Crippen LogP contribution in [0.15, 0.2) is 41.3 Å². The normalized spacial score (nSPS) is 21.0. The number of amides is 2. The van der Waals surface area contributed by atoms with Crippen LogP contribution in [-0.2, 0) is 11.3 Å². The van der Waals surface area contributed by atoms with Crippen molar-refractivity contribution in [1.29, 1.82) is 0 Å². The first-order valence-electron chi connectivity index (χ1n) is 10.5. The van der Waals surface area contributed by atoms with Gasteiger partial charge in [-0.2, -0.15) is 0 Å². The molecule has 0 N–H and O–H groups in total. The molecular formula is C24H24ClN3O4S. The summed E-state index contributed by atoms with van der Waals surface area (Å²) in [7, 11) is 2.06. The van der Waals surface area contributed by atoms with E-state index in [0.29, 0.717) is 22.1 Å². The fraction of sp³-hybridized carbons (Fsp3) is 0.333. The number of hydrogen-bond acceptors (Lipinski definition) is 6. The van der Waals surface area contributed by atoms with E-state index in [1.54, 1.807) is 12.1 Å². The molecule has 1 fully saturated rings. The van der Waals surface area contributed by atoms with Gasteiger partial charge in [0, 0.05) is 35.4 Å². The molecule has 2 aliphatic rings. The summed E-state index contributed by atoms with van der Waals surface area (Å²) in [6, 6.07) is 9.85. The van der Waals surface area contributed by atoms with Gasteiger partial charge in [-0.3, -0.25) is 24.6 Å². The van der Waals surface area contributed by atoms with Gasteiger partial charge in [-0.05, 0) is 72.8 Å². The maximum atomic E-state index is 13.0. The number of thioether (sulfide) groups is 1. The fourth-order valence-electron chi connectivity index (χ4n) is 4.44. The Bertz CT molecular complexity index is 1210. The highest BCUT2D eigenvalue weighted by atomic mass is 35.5. The van der Waals surface area contributed by atoms with Gasteiger partial charge < -0.3 is 4.90 Å². The number of rotatable bonds is 4. The quantitative estimate of drug-likeness (QED) is 0.291. The second-order valence-corrected chi connectivity index (χ2v) is 10.5. The standard InChI is InChI=1S/C24H24ClN3O4S/c1-14-12-24(2,3)26(4)20-11-19(25)16(9-18(14)20)10-21-22(29)27(23(30)33-21)13-15-6-5-7-17(8-15)28(31)32/h5-11,14H,12-13H2,1-4H3/b21-10-/t14-/m1/s1. The van der Waals surface area contributed by atoms with Crippen LogP contribution >= 0.6 is 23.4 Å². The van der Waals surface area contributed by atoms with Crippen molar-refractivity contribution in [1.82, 2.24) is 4.90 Å². The molecule has 2 heterocycles. The highest BCUT2D eigenvalue weighted by Gasteiger charge is 2.37. The van der Waals surface area contributed by atoms with E-state index in [1.807, 2.05) is 12.1 Å². The van der Waals surface area contributed by atoms with Crippen LogP contribution in [0.2, 0.25) is 5.02 Å². The van der Waals surface area contributed by atoms with Crippen molar-refractivity contribution >= 4 is 52.0 Å². The number of halogens is 1. The highest BCUT2D eigenvalue weighted by Crippen LogP contribution is 2.45. The first-order valence-corrected chi connectivity index (χ1v) is 11.7. The van der Waals surface area contributed by atoms with Crippen LogP contribution in [0.1, 0.15) is 49.8 Å². The van der Waals surface area contributed by atoms with Crippen LogP contribution in [0.4, 0.5) is 16.2 Å². The minimum atomic E-state index is -0.505. The van der Waals surface area contributed by atoms with Gasteiger partial charge in [-0.1, -0.05) is 30.7 Å². The number of nitro benzene ring substituents is 1. The van der Waals surface area contributed by atoms with Crippen molar-refractivity contribution in [3.8, 4) is 0 Å². The molecule has 9 heteroatoms. The predicted octanol–water partition coefficient (Wildman–Crippen LogP) is 6.21. The maximum absolute atomic E-state index is 13.0. The molecule has 172 valence electrons. The van der Waals surface area contributed by atoms with Crippen LogP contribution < -0.4 is 4.90 Å². The lowest BCUT2D eigenvalue weighted by atomic mass is 9.80. The summed E-state index contributed by atoms with van der Waals surface area (Å²) >= 11 is 7.44. The number of benzene rings is 2. The molecule has 0 unspecified atom stereocenters. The lowest BCUT2D eigenvalue weighted by Gasteiger charge is -2.45. The van der Waals surface area contributed by atoms with Gasteiger partial charge in [0.05, 0.1) is 16.4 Å². The van der Waals surface area contributed by atoms with Crippen LogP contribution in [0, 0.1) is 10.1 Å². The van der Waals surface area contributed by atoms with Gasteiger partial charge in [-0.15, -0.1) is 0 Å². The average molecular weight is 486 g/mol. The minimum absolute atomic E-state index is 0.00638. The Morgan fingerprint density at radius 3 is 2.70 bits per heavy atom. The van der Waals surface area contributed by atoms with Crippen molar-refractivity contribution in [2.45, 2.75) is 45.2 Å². The molecule has 0 aliphatic carbocycles. The highest BCUT2D eigenvalue weighted by molar-refractivity contribution is 8.18. The zero-order valence-electron chi connectivity index (χ0n) is 18.8. The Hall–Kier alpha value is -2.84. The molecule has 7 nitrogen and oxygen atoms in total. The summed E-state index contributed by atoms with van der Waals surface area (Å²) in [5, 5.41) is 11.1. The minimum Gasteiger partial charge on any atom is -0.369 e. The Labute approximate surface area is 201 Å². The summed E-state index contributed by atoms with van der Waals surface area (Å²) in [5.74, 6) is -0.115. The van der Waals surface area contributed by atoms with Crippen LogP contribution in [0.25, 0.3) is 6.08 Å². The molecule has 0 bridgehead atoms. The molecule has 1 atom stereocenters. The number of imide groups is 1. The third kappa shape index (κ3) is 4.37. The first-order chi connectivity index (χ1) is 15.5. The Balaban J connectivity index is 1.62. The molecule has 33 heavy (non-hydrogen) atoms. The van der Waals surface area contributed by atoms with E-state index in [1.165, 1.54) is 18.2 Å². The number of non-ortho nitro benzene ring substituents is 1. The van der Waals surface area contributed by atoms with Gasteiger partial charge >= 0.3 is 0 Å². The molecule has 0 radical (unpaired) electrons. The summed E-state index contributed by atoms with van der Waals surface area (Å²) in [6.45, 7) is 6.55. The SMILES string of the molecule is C[C@@H]1CC(C)(C)N(C)c2cc(Cl)c(/C=C3\SC(=O)N(Cc4cccc([N+](=O)[O-])c4)C3=O)cc21. The summed E-state index contributed by atoms with van der Waals surface area (Å²) < 4.78 is 0. The number of nitro groups is 1. The Morgan fingerprint density at radius 2 is 2.00 bits per heavy atom. The monoisotopic (exact) mass is 485 g/mol. The zero-order valence-corrected chi connectivity index (χ0v) is 20.4. The smallest absolute Gasteiger partial charge is 0.293 e. The van der Waals surface area contributed by atoms with Gasteiger partial charge in [-0.25, -0.2) is 0 Å². The third-order valence-corrected chi connectivity index (χ3v) is 7.61. The molecule has 0 saturated carbocycles. The molecule has 1 saturated heterocycles. The van der Waals surface area contributed by atoms with E-state index >= 15 is 0 Å². The van der Waals surface area contributed by atoms with Gasteiger partial charge in [0.1, 0.15) is 0 Å². The topological polar surface area (TPSA) is 83.8 Å². The van der Waals surface area contributed by atoms with E-state index in [9.17, 15) is 19.7 Å². The molecule has 0 spiro atoms. The second kappa shape index (κ2) is 8.50. The fourth-order valence-corrected chi connectivity index (χ4v) is 5.49. The Kier molecular flexibility index (Phi) is 6.01. The third-order valence-electron chi connectivity index (χ3n) is 6.37. The second-order valence-electron chi connectivity index (χ2n) is 9.10. The molecule has 4 rings (SSSR count). The van der Waals surface area contributed by atoms with Gasteiger partial charge in [0.25, 0.3) is 16.8 Å². The van der Waals surface area contributed by atoms with Crippen molar-refractivity contribution in [2.24, 2.45) is 0 Å². The van der Waals surface area contributed by atoms with Crippen molar-refractivity contribution in [3.05, 3.63) is 73.1 Å². The Morgan fingerprint density at radius 1 is 1.27 bits per heavy atom. The van der Waals surface area contributed by atoms with E-state index in [4.69, 9.17) is 11.6 Å². The van der Waals surface area contributed by atoms with Crippen LogP contribution in [0.3, 0.4) is 0 Å². The van der Waals surface area contributed by atoms with Crippen molar-refractivity contribution in [3.63, 3.8) is 0 Å². The summed E-state index contributed by atoms with van der Waals surface area (Å²) in [6.07, 6.45) is 2.64. The number of carbonyl (C=O) groups is 2. The van der Waals surface area contributed by atoms with E-state index in [0.717, 1.165) is 34.3 Å². The van der Waals surface area contributed by atoms with Gasteiger partial charge in [0.15, 0.2) is 0 Å². The van der Waals surface area contributed by atoms with Crippen LogP contribution in [-0.4, -0.2) is 33.6 Å². The number of fused-ring (bicyclic) bond motifs is 1. The predicted molar refractivity (Wildman–Crippen MR) is 132 cm³/mol. The van der Waals surface area contributed by atoms with Crippen LogP contribution in [0.5, 0.6) is 0 Å². The largest absolute Gasteiger partial charge is 0.369 e. The number of anilines is 1. The van der Waals surface area contributed by atoms with E-state index < -0.39 is 16.1 Å². The van der Waals surface area contributed by atoms with E-state index in [-0.39, 0.29) is 22.7 Å². The summed E-state index contributed by atoms with van der Waals surface area (Å²) in [4.78, 5) is 39.6. The molecular weight excluding hydrogens is 462 g/mol. The molecule has 2 aliphatic heterocycles. The zero-order chi connectivity index (χ0) is 24.1. The molecule has 2 aromatic rings. The van der Waals surface area contributed by atoms with Crippen molar-refractivity contribution < 1.29 is 14.5 Å². The molecule has 0 aromatic heterocycles. The average Bonchev–Trinajstić information content (AvgIpc) is 3.00.